The molecule has 25 heavy (non-hydrogen) atoms. The van der Waals surface area contributed by atoms with Gasteiger partial charge in [0.15, 0.2) is 0 Å². The number of β-lactam (4-membered cyclic amide) rings is 1. The molecule has 0 radical (unpaired) electrons. The second-order valence-electron chi connectivity index (χ2n) is 6.42. The van der Waals surface area contributed by atoms with Crippen molar-refractivity contribution in [2.45, 2.75) is 26.0 Å². The summed E-state index contributed by atoms with van der Waals surface area (Å²) in [6.45, 7) is 3.69. The van der Waals surface area contributed by atoms with Crippen LogP contribution in [0.25, 0.3) is 6.08 Å². The molecule has 1 aliphatic rings. The van der Waals surface area contributed by atoms with E-state index in [1.165, 1.54) is 0 Å². The zero-order valence-electron chi connectivity index (χ0n) is 14.7. The number of methoxy groups -OCH3 is 1. The molecule has 2 aromatic carbocycles. The van der Waals surface area contributed by atoms with E-state index in [9.17, 15) is 9.90 Å². The molecule has 1 aliphatic heterocycles. The highest BCUT2D eigenvalue weighted by Gasteiger charge is 2.50. The molecule has 0 aromatic heterocycles. The minimum Gasteiger partial charge on any atom is -0.497 e. The minimum absolute atomic E-state index is 0.0500. The number of ether oxygens (including phenoxy) is 1. The lowest BCUT2D eigenvalue weighted by molar-refractivity contribution is -0.133. The highest BCUT2D eigenvalue weighted by Crippen LogP contribution is 2.39. The van der Waals surface area contributed by atoms with E-state index in [1.807, 2.05) is 61.5 Å². The Labute approximate surface area is 148 Å². The fourth-order valence-corrected chi connectivity index (χ4v) is 3.40. The summed E-state index contributed by atoms with van der Waals surface area (Å²) in [5, 5.41) is 10.1. The average Bonchev–Trinajstić information content (AvgIpc) is 2.60. The van der Waals surface area contributed by atoms with Gasteiger partial charge in [-0.25, -0.2) is 0 Å². The molecule has 4 heteroatoms. The molecule has 1 saturated heterocycles. The normalized spacial score (nSPS) is 21.7. The van der Waals surface area contributed by atoms with Gasteiger partial charge in [0, 0.05) is 5.69 Å². The third-order valence-corrected chi connectivity index (χ3v) is 4.67. The first-order valence-electron chi connectivity index (χ1n) is 8.41. The first kappa shape index (κ1) is 17.2. The number of benzene rings is 2. The molecular weight excluding hydrogens is 314 g/mol. The van der Waals surface area contributed by atoms with E-state index < -0.39 is 12.0 Å². The Morgan fingerprint density at radius 3 is 2.36 bits per heavy atom. The number of aliphatic hydroxyl groups is 1. The Morgan fingerprint density at radius 1 is 1.16 bits per heavy atom. The maximum Gasteiger partial charge on any atom is 0.235 e. The van der Waals surface area contributed by atoms with Gasteiger partial charge in [0.1, 0.15) is 5.75 Å². The number of nitrogens with zero attached hydrogens (tertiary/aromatic N) is 1. The summed E-state index contributed by atoms with van der Waals surface area (Å²) in [6.07, 6.45) is 1.38. The van der Waals surface area contributed by atoms with Gasteiger partial charge in [0.25, 0.3) is 0 Å². The third-order valence-electron chi connectivity index (χ3n) is 4.67. The van der Waals surface area contributed by atoms with Crippen molar-refractivity contribution in [1.82, 2.24) is 0 Å². The van der Waals surface area contributed by atoms with Gasteiger partial charge in [0.2, 0.25) is 5.91 Å². The summed E-state index contributed by atoms with van der Waals surface area (Å²) < 4.78 is 5.19. The number of aliphatic hydroxyl groups excluding tert-OH is 1. The van der Waals surface area contributed by atoms with Crippen molar-refractivity contribution in [1.29, 1.82) is 0 Å². The predicted molar refractivity (Wildman–Crippen MR) is 99.5 cm³/mol. The van der Waals surface area contributed by atoms with Crippen molar-refractivity contribution in [3.8, 4) is 5.75 Å². The molecule has 1 N–H and O–H groups in total. The fourth-order valence-electron chi connectivity index (χ4n) is 3.40. The molecule has 0 bridgehead atoms. The van der Waals surface area contributed by atoms with Crippen molar-refractivity contribution < 1.29 is 14.6 Å². The molecule has 1 amide bonds. The standard InChI is InChI=1S/C21H23NO3/c1-14(13-16-7-5-4-6-8-16)20-19(15(2)23)21(24)22(20)17-9-11-18(25-3)12-10-17/h4-13,15,19-20,23H,1-3H3/b14-13+/t15-,19-,20-/m1/s1. The van der Waals surface area contributed by atoms with Gasteiger partial charge in [-0.2, -0.15) is 0 Å². The van der Waals surface area contributed by atoms with Crippen LogP contribution in [0.4, 0.5) is 5.69 Å². The van der Waals surface area contributed by atoms with Crippen LogP contribution < -0.4 is 9.64 Å². The van der Waals surface area contributed by atoms with Gasteiger partial charge >= 0.3 is 0 Å². The second kappa shape index (κ2) is 7.11. The molecule has 0 unspecified atom stereocenters. The maximum atomic E-state index is 12.6. The summed E-state index contributed by atoms with van der Waals surface area (Å²) >= 11 is 0. The van der Waals surface area contributed by atoms with E-state index in [1.54, 1.807) is 18.9 Å². The molecule has 1 fully saturated rings. The average molecular weight is 337 g/mol. The number of anilines is 1. The van der Waals surface area contributed by atoms with Crippen molar-refractivity contribution in [2.75, 3.05) is 12.0 Å². The molecule has 0 saturated carbocycles. The van der Waals surface area contributed by atoms with E-state index in [4.69, 9.17) is 4.74 Å². The van der Waals surface area contributed by atoms with E-state index in [2.05, 4.69) is 6.08 Å². The Morgan fingerprint density at radius 2 is 1.80 bits per heavy atom. The van der Waals surface area contributed by atoms with Gasteiger partial charge < -0.3 is 14.7 Å². The lowest BCUT2D eigenvalue weighted by atomic mass is 9.78. The highest BCUT2D eigenvalue weighted by molar-refractivity contribution is 6.04. The van der Waals surface area contributed by atoms with Crippen molar-refractivity contribution in [2.24, 2.45) is 5.92 Å². The molecule has 3 rings (SSSR count). The molecule has 130 valence electrons. The predicted octanol–water partition coefficient (Wildman–Crippen LogP) is 3.51. The maximum absolute atomic E-state index is 12.6. The van der Waals surface area contributed by atoms with Crippen LogP contribution in [0, 0.1) is 5.92 Å². The molecule has 0 spiro atoms. The van der Waals surface area contributed by atoms with Gasteiger partial charge in [-0.3, -0.25) is 4.79 Å². The van der Waals surface area contributed by atoms with E-state index >= 15 is 0 Å². The number of hydrogen-bond donors (Lipinski definition) is 1. The molecule has 2 aromatic rings. The van der Waals surface area contributed by atoms with Crippen molar-refractivity contribution in [3.05, 3.63) is 65.7 Å². The summed E-state index contributed by atoms with van der Waals surface area (Å²) in [4.78, 5) is 14.4. The quantitative estimate of drug-likeness (QED) is 0.850. The van der Waals surface area contributed by atoms with Gasteiger partial charge in [0.05, 0.1) is 25.2 Å². The van der Waals surface area contributed by atoms with Crippen LogP contribution in [0.3, 0.4) is 0 Å². The molecule has 3 atom stereocenters. The van der Waals surface area contributed by atoms with Crippen molar-refractivity contribution >= 4 is 17.7 Å². The minimum atomic E-state index is -0.689. The second-order valence-corrected chi connectivity index (χ2v) is 6.42. The van der Waals surface area contributed by atoms with Crippen molar-refractivity contribution in [3.63, 3.8) is 0 Å². The lowest BCUT2D eigenvalue weighted by Crippen LogP contribution is -2.65. The first-order valence-corrected chi connectivity index (χ1v) is 8.41. The fraction of sp³-hybridized carbons (Fsp3) is 0.286. The summed E-state index contributed by atoms with van der Waals surface area (Å²) in [5.74, 6) is 0.282. The summed E-state index contributed by atoms with van der Waals surface area (Å²) in [5.41, 5.74) is 2.94. The number of rotatable bonds is 5. The van der Waals surface area contributed by atoms with E-state index in [-0.39, 0.29) is 11.9 Å². The number of carbonyl (C=O) groups excluding carboxylic acids is 1. The van der Waals surface area contributed by atoms with Crippen LogP contribution in [0.15, 0.2) is 60.2 Å². The van der Waals surface area contributed by atoms with E-state index in [0.717, 1.165) is 22.6 Å². The zero-order chi connectivity index (χ0) is 18.0. The van der Waals surface area contributed by atoms with Crippen LogP contribution in [0.1, 0.15) is 19.4 Å². The Bertz CT molecular complexity index is 765. The summed E-state index contributed by atoms with van der Waals surface area (Å²) in [6, 6.07) is 17.3. The number of carbonyl (C=O) groups is 1. The monoisotopic (exact) mass is 337 g/mol. The van der Waals surface area contributed by atoms with Crippen LogP contribution in [-0.4, -0.2) is 30.3 Å². The van der Waals surface area contributed by atoms with Gasteiger partial charge in [-0.1, -0.05) is 36.4 Å². The Kier molecular flexibility index (Phi) is 4.91. The zero-order valence-corrected chi connectivity index (χ0v) is 14.7. The highest BCUT2D eigenvalue weighted by atomic mass is 16.5. The summed E-state index contributed by atoms with van der Waals surface area (Å²) in [7, 11) is 1.61. The van der Waals surface area contributed by atoms with Gasteiger partial charge in [-0.15, -0.1) is 0 Å². The SMILES string of the molecule is COc1ccc(N2C(=O)[C@H]([C@@H](C)O)[C@H]2/C(C)=C/c2ccccc2)cc1. The molecule has 1 heterocycles. The van der Waals surface area contributed by atoms with E-state index in [0.29, 0.717) is 0 Å². The molecule has 4 nitrogen and oxygen atoms in total. The number of hydrogen-bond acceptors (Lipinski definition) is 3. The molecule has 0 aliphatic carbocycles. The third kappa shape index (κ3) is 3.30. The lowest BCUT2D eigenvalue weighted by Gasteiger charge is -2.49. The van der Waals surface area contributed by atoms with Crippen LogP contribution in [0.5, 0.6) is 5.75 Å². The van der Waals surface area contributed by atoms with Crippen LogP contribution in [0.2, 0.25) is 0 Å². The smallest absolute Gasteiger partial charge is 0.235 e. The van der Waals surface area contributed by atoms with Crippen LogP contribution >= 0.6 is 0 Å². The first-order chi connectivity index (χ1) is 12.0. The largest absolute Gasteiger partial charge is 0.497 e. The topological polar surface area (TPSA) is 49.8 Å². The number of amides is 1. The molecular formula is C21H23NO3. The van der Waals surface area contributed by atoms with Gasteiger partial charge in [-0.05, 0) is 49.2 Å². The Balaban J connectivity index is 1.93. The van der Waals surface area contributed by atoms with Crippen LogP contribution in [-0.2, 0) is 4.79 Å². The Hall–Kier alpha value is -2.59.